The largest absolute Gasteiger partial charge is 0.103 e. The van der Waals surface area contributed by atoms with Crippen LogP contribution in [0.1, 0.15) is 26.7 Å². The second-order valence-electron chi connectivity index (χ2n) is 3.97. The summed E-state index contributed by atoms with van der Waals surface area (Å²) in [5.41, 5.74) is 0. The molecule has 0 bridgehead atoms. The van der Waals surface area contributed by atoms with E-state index < -0.39 is 8.80 Å². The lowest BCUT2D eigenvalue weighted by Gasteiger charge is -2.27. The summed E-state index contributed by atoms with van der Waals surface area (Å²) >= 11 is 0. The Labute approximate surface area is 66.9 Å². The van der Waals surface area contributed by atoms with Crippen LogP contribution in [0.25, 0.3) is 0 Å². The van der Waals surface area contributed by atoms with E-state index >= 15 is 0 Å². The van der Waals surface area contributed by atoms with Gasteiger partial charge in [0.1, 0.15) is 0 Å². The van der Waals surface area contributed by atoms with Crippen LogP contribution in [0.2, 0.25) is 18.1 Å². The first-order valence-electron chi connectivity index (χ1n) is 4.11. The van der Waals surface area contributed by atoms with Gasteiger partial charge in [-0.05, 0) is 17.9 Å². The van der Waals surface area contributed by atoms with Gasteiger partial charge in [-0.15, -0.1) is 6.58 Å². The Hall–Kier alpha value is -0.0431. The Morgan fingerprint density at radius 2 is 1.90 bits per heavy atom. The minimum absolute atomic E-state index is 0.459. The molecule has 0 heterocycles. The van der Waals surface area contributed by atoms with Gasteiger partial charge >= 0.3 is 0 Å². The average Bonchev–Trinajstić information content (AvgIpc) is 1.84. The summed E-state index contributed by atoms with van der Waals surface area (Å²) in [6.45, 7) is 13.3. The van der Waals surface area contributed by atoms with E-state index in [0.29, 0.717) is 5.04 Å². The molecule has 0 amide bonds. The first-order chi connectivity index (χ1) is 4.50. The summed E-state index contributed by atoms with van der Waals surface area (Å²) < 4.78 is 0. The van der Waals surface area contributed by atoms with Crippen molar-refractivity contribution < 1.29 is 0 Å². The number of allylic oxidation sites excluding steroid dienone is 1. The first kappa shape index (κ1) is 9.96. The molecule has 0 atom stereocenters. The normalized spacial score (nSPS) is 12.1. The molecule has 1 heteroatoms. The summed E-state index contributed by atoms with van der Waals surface area (Å²) in [7, 11) is -0.459. The van der Waals surface area contributed by atoms with E-state index in [2.05, 4.69) is 33.5 Å². The minimum Gasteiger partial charge on any atom is -0.103 e. The van der Waals surface area contributed by atoms with Crippen LogP contribution in [0.5, 0.6) is 0 Å². The van der Waals surface area contributed by atoms with Crippen molar-refractivity contribution in [2.45, 2.75) is 44.8 Å². The van der Waals surface area contributed by atoms with E-state index in [0.717, 1.165) is 0 Å². The van der Waals surface area contributed by atoms with Crippen molar-refractivity contribution in [2.24, 2.45) is 0 Å². The van der Waals surface area contributed by atoms with Gasteiger partial charge in [-0.1, -0.05) is 33.0 Å². The molecular weight excluding hydrogens is 136 g/mol. The van der Waals surface area contributed by atoms with Crippen molar-refractivity contribution in [3.63, 3.8) is 0 Å². The summed E-state index contributed by atoms with van der Waals surface area (Å²) in [5.74, 6) is 0. The number of hydrogen-bond donors (Lipinski definition) is 0. The molecule has 0 aromatic heterocycles. The second-order valence-corrected chi connectivity index (χ2v) is 7.84. The van der Waals surface area contributed by atoms with E-state index in [1.165, 1.54) is 12.8 Å². The zero-order valence-corrected chi connectivity index (χ0v) is 8.93. The monoisotopic (exact) mass is 156 g/mol. The molecule has 10 heavy (non-hydrogen) atoms. The molecule has 0 aliphatic heterocycles. The summed E-state index contributed by atoms with van der Waals surface area (Å²) in [6.07, 6.45) is 4.52. The van der Waals surface area contributed by atoms with E-state index in [4.69, 9.17) is 0 Å². The lowest BCUT2D eigenvalue weighted by atomic mass is 10.1. The van der Waals surface area contributed by atoms with Gasteiger partial charge in [-0.2, -0.15) is 0 Å². The zero-order chi connectivity index (χ0) is 8.20. The van der Waals surface area contributed by atoms with Crippen molar-refractivity contribution in [2.75, 3.05) is 0 Å². The molecule has 0 unspecified atom stereocenters. The van der Waals surface area contributed by atoms with Gasteiger partial charge in [-0.3, -0.25) is 0 Å². The topological polar surface area (TPSA) is 0 Å². The van der Waals surface area contributed by atoms with E-state index in [-0.39, 0.29) is 0 Å². The molecule has 0 nitrogen and oxygen atoms in total. The van der Waals surface area contributed by atoms with Crippen LogP contribution >= 0.6 is 0 Å². The van der Waals surface area contributed by atoms with E-state index in [1.54, 1.807) is 0 Å². The number of hydrogen-bond acceptors (Lipinski definition) is 0. The fourth-order valence-electron chi connectivity index (χ4n) is 0.763. The third-order valence-electron chi connectivity index (χ3n) is 2.56. The highest BCUT2D eigenvalue weighted by Crippen LogP contribution is 2.33. The van der Waals surface area contributed by atoms with Crippen molar-refractivity contribution in [3.05, 3.63) is 12.7 Å². The Morgan fingerprint density at radius 3 is 2.20 bits per heavy atom. The van der Waals surface area contributed by atoms with Crippen LogP contribution in [0.4, 0.5) is 0 Å². The lowest BCUT2D eigenvalue weighted by molar-refractivity contribution is 0.603. The van der Waals surface area contributed by atoms with Gasteiger partial charge in [0.05, 0.1) is 0 Å². The van der Waals surface area contributed by atoms with Crippen molar-refractivity contribution in [3.8, 4) is 0 Å². The van der Waals surface area contributed by atoms with Gasteiger partial charge in [0, 0.05) is 8.80 Å². The molecule has 0 aliphatic carbocycles. The molecule has 0 fully saturated rings. The molecule has 0 rings (SSSR count). The van der Waals surface area contributed by atoms with Crippen LogP contribution in [0.3, 0.4) is 0 Å². The van der Waals surface area contributed by atoms with Crippen molar-refractivity contribution >= 4 is 8.80 Å². The molecule has 0 spiro atoms. The molecule has 0 aliphatic rings. The van der Waals surface area contributed by atoms with E-state index in [1.807, 2.05) is 6.08 Å². The summed E-state index contributed by atoms with van der Waals surface area (Å²) in [4.78, 5) is 0. The van der Waals surface area contributed by atoms with Gasteiger partial charge in [0.2, 0.25) is 0 Å². The highest BCUT2D eigenvalue weighted by atomic mass is 28.3. The van der Waals surface area contributed by atoms with Crippen molar-refractivity contribution in [1.29, 1.82) is 0 Å². The third-order valence-corrected chi connectivity index (χ3v) is 5.97. The second kappa shape index (κ2) is 3.97. The SMILES string of the molecule is C=CCCC(C)(C)[SiH](C)C. The molecular formula is C9H20Si. The predicted molar refractivity (Wildman–Crippen MR) is 52.3 cm³/mol. The summed E-state index contributed by atoms with van der Waals surface area (Å²) in [5, 5.41) is 0.619. The predicted octanol–water partition coefficient (Wildman–Crippen LogP) is 3.22. The van der Waals surface area contributed by atoms with Gasteiger partial charge in [-0.25, -0.2) is 0 Å². The molecule has 60 valence electrons. The molecule has 0 saturated carbocycles. The van der Waals surface area contributed by atoms with Crippen LogP contribution in [0, 0.1) is 0 Å². The van der Waals surface area contributed by atoms with Crippen molar-refractivity contribution in [1.82, 2.24) is 0 Å². The fraction of sp³-hybridized carbons (Fsp3) is 0.778. The Bertz CT molecular complexity index is 103. The first-order valence-corrected chi connectivity index (χ1v) is 7.00. The third kappa shape index (κ3) is 3.21. The maximum atomic E-state index is 3.74. The van der Waals surface area contributed by atoms with Crippen LogP contribution < -0.4 is 0 Å². The molecule has 0 saturated heterocycles. The fourth-order valence-corrected chi connectivity index (χ4v) is 1.51. The summed E-state index contributed by atoms with van der Waals surface area (Å²) in [6, 6.07) is 0. The maximum Gasteiger partial charge on any atom is 0.0365 e. The molecule has 0 N–H and O–H groups in total. The molecule has 0 aromatic rings. The molecule has 0 aromatic carbocycles. The van der Waals surface area contributed by atoms with E-state index in [9.17, 15) is 0 Å². The lowest BCUT2D eigenvalue weighted by Crippen LogP contribution is -2.20. The van der Waals surface area contributed by atoms with Gasteiger partial charge in [0.15, 0.2) is 0 Å². The quantitative estimate of drug-likeness (QED) is 0.433. The molecule has 0 radical (unpaired) electrons. The van der Waals surface area contributed by atoms with Crippen LogP contribution in [-0.2, 0) is 0 Å². The smallest absolute Gasteiger partial charge is 0.0365 e. The van der Waals surface area contributed by atoms with Gasteiger partial charge < -0.3 is 0 Å². The average molecular weight is 156 g/mol. The van der Waals surface area contributed by atoms with Gasteiger partial charge in [0.25, 0.3) is 0 Å². The highest BCUT2D eigenvalue weighted by molar-refractivity contribution is 6.59. The Morgan fingerprint density at radius 1 is 1.40 bits per heavy atom. The Balaban J connectivity index is 3.74. The van der Waals surface area contributed by atoms with Crippen LogP contribution in [-0.4, -0.2) is 8.80 Å². The minimum atomic E-state index is -0.459. The number of rotatable bonds is 4. The zero-order valence-electron chi connectivity index (χ0n) is 7.78. The highest BCUT2D eigenvalue weighted by Gasteiger charge is 2.21. The van der Waals surface area contributed by atoms with Crippen LogP contribution in [0.15, 0.2) is 12.7 Å². The standard InChI is InChI=1S/C9H20Si/c1-6-7-8-9(2,3)10(4)5/h6,10H,1,7-8H2,2-5H3. The Kier molecular flexibility index (Phi) is 3.95. The maximum absolute atomic E-state index is 3.74.